The summed E-state index contributed by atoms with van der Waals surface area (Å²) >= 11 is 0. The third-order valence-corrected chi connectivity index (χ3v) is 4.38. The van der Waals surface area contributed by atoms with E-state index in [0.717, 1.165) is 6.42 Å². The van der Waals surface area contributed by atoms with Gasteiger partial charge in [0.15, 0.2) is 0 Å². The molecule has 0 fully saturated rings. The van der Waals surface area contributed by atoms with Gasteiger partial charge in [0, 0.05) is 12.4 Å². The molecule has 1 rings (SSSR count). The van der Waals surface area contributed by atoms with Crippen molar-refractivity contribution < 1.29 is 0 Å². The lowest BCUT2D eigenvalue weighted by atomic mass is 9.60. The molecule has 0 spiro atoms. The summed E-state index contributed by atoms with van der Waals surface area (Å²) in [5, 5.41) is 0. The molecule has 0 aliphatic heterocycles. The molecule has 0 saturated heterocycles. The van der Waals surface area contributed by atoms with Crippen LogP contribution in [-0.2, 0) is 5.41 Å². The van der Waals surface area contributed by atoms with E-state index in [9.17, 15) is 0 Å². The van der Waals surface area contributed by atoms with Crippen molar-refractivity contribution >= 4 is 0 Å². The van der Waals surface area contributed by atoms with Crippen molar-refractivity contribution in [3.8, 4) is 0 Å². The predicted octanol–water partition coefficient (Wildman–Crippen LogP) is 4.19. The molecule has 0 aromatic carbocycles. The Morgan fingerprint density at radius 2 is 1.80 bits per heavy atom. The molecule has 0 aliphatic carbocycles. The number of nitrogens with zero attached hydrogens (tertiary/aromatic N) is 1. The SMILES string of the molecule is CCC(C)(C)C(C)(CC)c1cccnc1. The van der Waals surface area contributed by atoms with E-state index in [4.69, 9.17) is 0 Å². The first-order valence-electron chi connectivity index (χ1n) is 5.88. The molecule has 1 aromatic heterocycles. The van der Waals surface area contributed by atoms with Crippen molar-refractivity contribution in [2.45, 2.75) is 52.9 Å². The number of rotatable bonds is 4. The first kappa shape index (κ1) is 12.2. The van der Waals surface area contributed by atoms with Crippen LogP contribution in [0.3, 0.4) is 0 Å². The fraction of sp³-hybridized carbons (Fsp3) is 0.643. The van der Waals surface area contributed by atoms with E-state index >= 15 is 0 Å². The number of hydrogen-bond donors (Lipinski definition) is 0. The third-order valence-electron chi connectivity index (χ3n) is 4.38. The van der Waals surface area contributed by atoms with Crippen molar-refractivity contribution in [2.24, 2.45) is 5.41 Å². The maximum absolute atomic E-state index is 4.25. The average Bonchev–Trinajstić information content (AvgIpc) is 2.29. The zero-order chi connectivity index (χ0) is 11.5. The molecule has 0 N–H and O–H groups in total. The number of pyridine rings is 1. The smallest absolute Gasteiger partial charge is 0.0305 e. The van der Waals surface area contributed by atoms with Crippen molar-refractivity contribution in [1.82, 2.24) is 4.98 Å². The maximum Gasteiger partial charge on any atom is 0.0305 e. The average molecular weight is 205 g/mol. The van der Waals surface area contributed by atoms with Crippen LogP contribution in [0.25, 0.3) is 0 Å². The van der Waals surface area contributed by atoms with Gasteiger partial charge in [-0.05, 0) is 28.9 Å². The van der Waals surface area contributed by atoms with Crippen LogP contribution < -0.4 is 0 Å². The second kappa shape index (κ2) is 4.34. The zero-order valence-corrected chi connectivity index (χ0v) is 10.7. The monoisotopic (exact) mass is 205 g/mol. The van der Waals surface area contributed by atoms with Gasteiger partial charge in [0.1, 0.15) is 0 Å². The Labute approximate surface area is 93.9 Å². The molecule has 0 bridgehead atoms. The van der Waals surface area contributed by atoms with Gasteiger partial charge in [-0.3, -0.25) is 4.98 Å². The molecule has 15 heavy (non-hydrogen) atoms. The van der Waals surface area contributed by atoms with E-state index in [1.54, 1.807) is 0 Å². The Kier molecular flexibility index (Phi) is 3.54. The van der Waals surface area contributed by atoms with Crippen LogP contribution in [0.15, 0.2) is 24.5 Å². The lowest BCUT2D eigenvalue weighted by Gasteiger charge is -2.44. The minimum Gasteiger partial charge on any atom is -0.264 e. The molecule has 1 unspecified atom stereocenters. The van der Waals surface area contributed by atoms with Crippen LogP contribution >= 0.6 is 0 Å². The minimum absolute atomic E-state index is 0.218. The molecule has 1 heteroatoms. The predicted molar refractivity (Wildman–Crippen MR) is 66.0 cm³/mol. The van der Waals surface area contributed by atoms with Crippen LogP contribution in [0.5, 0.6) is 0 Å². The van der Waals surface area contributed by atoms with Crippen LogP contribution in [0, 0.1) is 5.41 Å². The Morgan fingerprint density at radius 3 is 2.20 bits per heavy atom. The van der Waals surface area contributed by atoms with Crippen LogP contribution in [0.1, 0.15) is 53.0 Å². The molecule has 0 radical (unpaired) electrons. The molecule has 1 nitrogen and oxygen atoms in total. The third kappa shape index (κ3) is 2.06. The summed E-state index contributed by atoms with van der Waals surface area (Å²) in [6.07, 6.45) is 6.20. The molecule has 0 amide bonds. The highest BCUT2D eigenvalue weighted by Crippen LogP contribution is 2.45. The summed E-state index contributed by atoms with van der Waals surface area (Å²) in [4.78, 5) is 4.25. The second-order valence-electron chi connectivity index (χ2n) is 5.16. The Hall–Kier alpha value is -0.850. The topological polar surface area (TPSA) is 12.9 Å². The minimum atomic E-state index is 0.218. The highest BCUT2D eigenvalue weighted by atomic mass is 14.6. The van der Waals surface area contributed by atoms with E-state index in [1.807, 2.05) is 18.5 Å². The van der Waals surface area contributed by atoms with E-state index in [0.29, 0.717) is 5.41 Å². The van der Waals surface area contributed by atoms with Crippen molar-refractivity contribution in [3.63, 3.8) is 0 Å². The standard InChI is InChI=1S/C14H23N/c1-6-13(3,4)14(5,7-2)12-9-8-10-15-11-12/h8-11H,6-7H2,1-5H3. The molecule has 0 aliphatic rings. The lowest BCUT2D eigenvalue weighted by molar-refractivity contribution is 0.163. The molecule has 1 atom stereocenters. The molecular formula is C14H23N. The van der Waals surface area contributed by atoms with Crippen LogP contribution in [0.2, 0.25) is 0 Å². The largest absolute Gasteiger partial charge is 0.264 e. The van der Waals surface area contributed by atoms with Gasteiger partial charge in [-0.15, -0.1) is 0 Å². The lowest BCUT2D eigenvalue weighted by Crippen LogP contribution is -2.38. The van der Waals surface area contributed by atoms with Gasteiger partial charge < -0.3 is 0 Å². The van der Waals surface area contributed by atoms with E-state index in [-0.39, 0.29) is 5.41 Å². The fourth-order valence-corrected chi connectivity index (χ4v) is 2.15. The van der Waals surface area contributed by atoms with Crippen molar-refractivity contribution in [3.05, 3.63) is 30.1 Å². The number of hydrogen-bond acceptors (Lipinski definition) is 1. The van der Waals surface area contributed by atoms with Gasteiger partial charge in [-0.25, -0.2) is 0 Å². The Balaban J connectivity index is 3.17. The fourth-order valence-electron chi connectivity index (χ4n) is 2.15. The van der Waals surface area contributed by atoms with Gasteiger partial charge in [-0.2, -0.15) is 0 Å². The first-order chi connectivity index (χ1) is 6.98. The number of aromatic nitrogens is 1. The van der Waals surface area contributed by atoms with E-state index < -0.39 is 0 Å². The first-order valence-corrected chi connectivity index (χ1v) is 5.88. The molecule has 1 aromatic rings. The summed E-state index contributed by atoms with van der Waals surface area (Å²) in [5.74, 6) is 0. The summed E-state index contributed by atoms with van der Waals surface area (Å²) in [6, 6.07) is 4.24. The van der Waals surface area contributed by atoms with Gasteiger partial charge in [0.2, 0.25) is 0 Å². The molecule has 1 heterocycles. The Bertz CT molecular complexity index is 302. The van der Waals surface area contributed by atoms with Crippen LogP contribution in [0.4, 0.5) is 0 Å². The quantitative estimate of drug-likeness (QED) is 0.718. The van der Waals surface area contributed by atoms with Gasteiger partial charge in [0.05, 0.1) is 0 Å². The van der Waals surface area contributed by atoms with Crippen LogP contribution in [-0.4, -0.2) is 4.98 Å². The highest BCUT2D eigenvalue weighted by Gasteiger charge is 2.39. The van der Waals surface area contributed by atoms with Crippen molar-refractivity contribution in [1.29, 1.82) is 0 Å². The van der Waals surface area contributed by atoms with Crippen molar-refractivity contribution in [2.75, 3.05) is 0 Å². The molecular weight excluding hydrogens is 182 g/mol. The molecule has 0 saturated carbocycles. The summed E-state index contributed by atoms with van der Waals surface area (Å²) in [5.41, 5.74) is 1.89. The van der Waals surface area contributed by atoms with E-state index in [1.165, 1.54) is 12.0 Å². The summed E-state index contributed by atoms with van der Waals surface area (Å²) < 4.78 is 0. The normalized spacial score (nSPS) is 16.1. The van der Waals surface area contributed by atoms with E-state index in [2.05, 4.69) is 45.7 Å². The summed E-state index contributed by atoms with van der Waals surface area (Å²) in [7, 11) is 0. The summed E-state index contributed by atoms with van der Waals surface area (Å²) in [6.45, 7) is 11.6. The molecule has 84 valence electrons. The van der Waals surface area contributed by atoms with Gasteiger partial charge in [0.25, 0.3) is 0 Å². The van der Waals surface area contributed by atoms with Gasteiger partial charge in [-0.1, -0.05) is 47.1 Å². The highest BCUT2D eigenvalue weighted by molar-refractivity contribution is 5.23. The van der Waals surface area contributed by atoms with Gasteiger partial charge >= 0.3 is 0 Å². The second-order valence-corrected chi connectivity index (χ2v) is 5.16. The maximum atomic E-state index is 4.25. The zero-order valence-electron chi connectivity index (χ0n) is 10.7. The Morgan fingerprint density at radius 1 is 1.13 bits per heavy atom.